The molecular formula is C63H87ClN6O6. The molecule has 12 nitrogen and oxygen atoms in total. The molecule has 4 amide bonds. The Morgan fingerprint density at radius 2 is 1.07 bits per heavy atom. The molecule has 0 radical (unpaired) electrons. The molecule has 76 heavy (non-hydrogen) atoms. The SMILES string of the molecule is COC(=O)N(CC1CCCCC1)C1CCN(C[C@H]2CN(C(=O)C3CCCC3)C[C@@H]2c2cccc(COC(=O)N(CC3CCCCC3)C3CCN(C[C@H]4CN(C(=O)c5ccccc5Cl)C[C@@H]4c4ccccc4)CC3)c2)CC1. The second-order valence-corrected chi connectivity index (χ2v) is 24.6. The van der Waals surface area contributed by atoms with E-state index in [0.29, 0.717) is 41.4 Å². The highest BCUT2D eigenvalue weighted by Crippen LogP contribution is 2.39. The molecule has 0 unspecified atom stereocenters. The van der Waals surface area contributed by atoms with Gasteiger partial charge in [0.15, 0.2) is 0 Å². The van der Waals surface area contributed by atoms with Crippen LogP contribution in [0.15, 0.2) is 78.9 Å². The monoisotopic (exact) mass is 1060 g/mol. The zero-order valence-electron chi connectivity index (χ0n) is 45.6. The van der Waals surface area contributed by atoms with Gasteiger partial charge in [-0.15, -0.1) is 0 Å². The smallest absolute Gasteiger partial charge is 0.410 e. The van der Waals surface area contributed by atoms with E-state index in [0.717, 1.165) is 135 Å². The van der Waals surface area contributed by atoms with Gasteiger partial charge in [0.25, 0.3) is 5.91 Å². The van der Waals surface area contributed by atoms with Crippen molar-refractivity contribution in [1.29, 1.82) is 0 Å². The van der Waals surface area contributed by atoms with Gasteiger partial charge in [-0.25, -0.2) is 9.59 Å². The Balaban J connectivity index is 0.777. The van der Waals surface area contributed by atoms with Crippen molar-refractivity contribution < 1.29 is 28.7 Å². The molecule has 10 rings (SSSR count). The number of hydrogen-bond acceptors (Lipinski definition) is 8. The van der Waals surface area contributed by atoms with Crippen LogP contribution in [0.5, 0.6) is 0 Å². The van der Waals surface area contributed by atoms with Crippen molar-refractivity contribution in [2.75, 3.05) is 85.6 Å². The van der Waals surface area contributed by atoms with Crippen LogP contribution in [0.2, 0.25) is 5.02 Å². The van der Waals surface area contributed by atoms with Crippen molar-refractivity contribution in [2.45, 2.75) is 146 Å². The quantitative estimate of drug-likeness (QED) is 0.140. The Labute approximate surface area is 459 Å². The minimum absolute atomic E-state index is 0.00522. The molecule has 4 saturated heterocycles. The number of nitrogens with zero attached hydrogens (tertiary/aromatic N) is 6. The second-order valence-electron chi connectivity index (χ2n) is 24.2. The highest BCUT2D eigenvalue weighted by atomic mass is 35.5. The first-order valence-corrected chi connectivity index (χ1v) is 30.2. The van der Waals surface area contributed by atoms with E-state index in [-0.39, 0.29) is 66.4 Å². The van der Waals surface area contributed by atoms with E-state index in [4.69, 9.17) is 21.1 Å². The van der Waals surface area contributed by atoms with Crippen LogP contribution in [0.25, 0.3) is 0 Å². The maximum Gasteiger partial charge on any atom is 0.410 e. The van der Waals surface area contributed by atoms with Crippen LogP contribution < -0.4 is 0 Å². The number of methoxy groups -OCH3 is 1. The molecule has 4 heterocycles. The van der Waals surface area contributed by atoms with Crippen molar-refractivity contribution in [3.63, 3.8) is 0 Å². The van der Waals surface area contributed by atoms with E-state index in [9.17, 15) is 19.2 Å². The highest BCUT2D eigenvalue weighted by Gasteiger charge is 2.42. The fourth-order valence-corrected chi connectivity index (χ4v) is 15.2. The van der Waals surface area contributed by atoms with Crippen LogP contribution in [0.4, 0.5) is 9.59 Å². The summed E-state index contributed by atoms with van der Waals surface area (Å²) in [4.78, 5) is 69.0. The van der Waals surface area contributed by atoms with Crippen LogP contribution >= 0.6 is 11.6 Å². The number of amides is 4. The molecule has 412 valence electrons. The topological polar surface area (TPSA) is 106 Å². The lowest BCUT2D eigenvalue weighted by molar-refractivity contribution is -0.134. The fraction of sp³-hybridized carbons (Fsp3) is 0.651. The molecule has 0 spiro atoms. The minimum atomic E-state index is -0.205. The molecule has 13 heteroatoms. The molecule has 7 fully saturated rings. The first-order valence-electron chi connectivity index (χ1n) is 29.9. The first kappa shape index (κ1) is 54.7. The van der Waals surface area contributed by atoms with E-state index in [1.54, 1.807) is 6.07 Å². The van der Waals surface area contributed by atoms with Gasteiger partial charge >= 0.3 is 12.2 Å². The fourth-order valence-electron chi connectivity index (χ4n) is 14.9. The van der Waals surface area contributed by atoms with Gasteiger partial charge in [-0.3, -0.25) is 9.59 Å². The van der Waals surface area contributed by atoms with Crippen LogP contribution in [-0.4, -0.2) is 151 Å². The largest absolute Gasteiger partial charge is 0.453 e. The third-order valence-electron chi connectivity index (χ3n) is 19.2. The number of likely N-dealkylation sites (tertiary alicyclic amines) is 4. The maximum absolute atomic E-state index is 14.5. The lowest BCUT2D eigenvalue weighted by Crippen LogP contribution is -2.50. The third kappa shape index (κ3) is 13.6. The van der Waals surface area contributed by atoms with E-state index in [1.807, 2.05) is 28.0 Å². The van der Waals surface area contributed by atoms with Crippen molar-refractivity contribution >= 4 is 35.6 Å². The van der Waals surface area contributed by atoms with Crippen molar-refractivity contribution in [3.8, 4) is 0 Å². The molecule has 0 bridgehead atoms. The maximum atomic E-state index is 14.5. The van der Waals surface area contributed by atoms with Gasteiger partial charge in [0.05, 0.1) is 17.7 Å². The molecular weight excluding hydrogens is 972 g/mol. The number of benzene rings is 3. The van der Waals surface area contributed by atoms with Gasteiger partial charge in [-0.1, -0.05) is 130 Å². The first-order chi connectivity index (χ1) is 37.2. The molecule has 4 aliphatic heterocycles. The van der Waals surface area contributed by atoms with E-state index < -0.39 is 0 Å². The average Bonchev–Trinajstić information content (AvgIpc) is 4.26. The number of rotatable bonds is 16. The average molecular weight is 1060 g/mol. The molecule has 3 aromatic rings. The summed E-state index contributed by atoms with van der Waals surface area (Å²) in [5.41, 5.74) is 4.04. The Hall–Kier alpha value is -4.65. The zero-order chi connectivity index (χ0) is 52.4. The summed E-state index contributed by atoms with van der Waals surface area (Å²) in [7, 11) is 1.52. The van der Waals surface area contributed by atoms with E-state index in [2.05, 4.69) is 74.2 Å². The van der Waals surface area contributed by atoms with Gasteiger partial charge in [0.2, 0.25) is 5.91 Å². The van der Waals surface area contributed by atoms with Crippen molar-refractivity contribution in [2.24, 2.45) is 29.6 Å². The van der Waals surface area contributed by atoms with E-state index >= 15 is 0 Å². The molecule has 3 aliphatic carbocycles. The Morgan fingerprint density at radius 1 is 0.553 bits per heavy atom. The molecule has 3 saturated carbocycles. The summed E-state index contributed by atoms with van der Waals surface area (Å²) in [6.07, 6.45) is 19.8. The van der Waals surface area contributed by atoms with Crippen LogP contribution in [-0.2, 0) is 20.9 Å². The summed E-state index contributed by atoms with van der Waals surface area (Å²) in [5, 5.41) is 0.492. The number of ether oxygens (including phenoxy) is 2. The van der Waals surface area contributed by atoms with Crippen molar-refractivity contribution in [1.82, 2.24) is 29.4 Å². The number of carbonyl (C=O) groups excluding carboxylic acids is 4. The third-order valence-corrected chi connectivity index (χ3v) is 19.6. The van der Waals surface area contributed by atoms with Gasteiger partial charge in [0.1, 0.15) is 6.61 Å². The molecule has 0 aromatic heterocycles. The van der Waals surface area contributed by atoms with Gasteiger partial charge in [-0.05, 0) is 117 Å². The summed E-state index contributed by atoms with van der Waals surface area (Å²) in [6, 6.07) is 27.0. The van der Waals surface area contributed by atoms with Gasteiger partial charge in [0, 0.05) is 108 Å². The standard InChI is InChI=1S/C63H87ClN6O6/c1-75-62(73)69(37-46-16-5-2-6-17-46)54-28-32-66(33-29-54)40-53-41-67(60(71)50-23-11-12-24-50)44-58(53)51-25-15-20-48(36-51)45-76-63(74)70(38-47-18-7-3-8-19-47)55-30-34-65(35-31-55)39-52-42-68(43-57(52)49-21-9-4-10-22-49)61(72)56-26-13-14-27-59(56)64/h4,9-10,13-15,20-22,25-27,36,46-47,50,52-55,57-58H,2-3,5-8,11-12,16-19,23-24,28-35,37-45H2,1H3/t52-,53-,57+,58+/m0/s1. The van der Waals surface area contributed by atoms with Gasteiger partial charge in [-0.2, -0.15) is 0 Å². The summed E-state index contributed by atoms with van der Waals surface area (Å²) in [5.74, 6) is 2.48. The lowest BCUT2D eigenvalue weighted by atomic mass is 9.87. The van der Waals surface area contributed by atoms with Crippen LogP contribution in [0, 0.1) is 29.6 Å². The predicted molar refractivity (Wildman–Crippen MR) is 299 cm³/mol. The number of piperidine rings is 2. The highest BCUT2D eigenvalue weighted by molar-refractivity contribution is 6.33. The lowest BCUT2D eigenvalue weighted by Gasteiger charge is -2.40. The van der Waals surface area contributed by atoms with Crippen LogP contribution in [0.1, 0.15) is 154 Å². The molecule has 0 N–H and O–H groups in total. The Bertz CT molecular complexity index is 2370. The minimum Gasteiger partial charge on any atom is -0.453 e. The number of carbonyl (C=O) groups is 4. The van der Waals surface area contributed by atoms with E-state index in [1.165, 1.54) is 69.6 Å². The molecule has 4 atom stereocenters. The number of halogens is 1. The van der Waals surface area contributed by atoms with Crippen LogP contribution in [0.3, 0.4) is 0 Å². The molecule has 7 aliphatic rings. The summed E-state index contributed by atoms with van der Waals surface area (Å²) >= 11 is 6.53. The number of hydrogen-bond donors (Lipinski definition) is 0. The Morgan fingerprint density at radius 3 is 1.66 bits per heavy atom. The zero-order valence-corrected chi connectivity index (χ0v) is 46.4. The summed E-state index contributed by atoms with van der Waals surface area (Å²) < 4.78 is 11.7. The van der Waals surface area contributed by atoms with Crippen molar-refractivity contribution in [3.05, 3.63) is 106 Å². The predicted octanol–water partition coefficient (Wildman–Crippen LogP) is 11.7. The van der Waals surface area contributed by atoms with Gasteiger partial charge < -0.3 is 38.9 Å². The Kier molecular flexibility index (Phi) is 19.0. The summed E-state index contributed by atoms with van der Waals surface area (Å²) in [6.45, 7) is 10.0. The molecule has 3 aromatic carbocycles. The second kappa shape index (κ2) is 26.3. The normalized spacial score (nSPS) is 25.0.